The molecule has 0 heterocycles. The summed E-state index contributed by atoms with van der Waals surface area (Å²) in [7, 11) is 0. The first-order chi connectivity index (χ1) is 10.1. The number of benzene rings is 1. The number of aryl methyl sites for hydroxylation is 1. The highest BCUT2D eigenvalue weighted by Gasteiger charge is 2.38. The lowest BCUT2D eigenvalue weighted by Gasteiger charge is -2.41. The van der Waals surface area contributed by atoms with Gasteiger partial charge < -0.3 is 10.1 Å². The third kappa shape index (κ3) is 4.02. The van der Waals surface area contributed by atoms with E-state index >= 15 is 0 Å². The number of carbonyl (C=O) groups is 1. The van der Waals surface area contributed by atoms with E-state index in [1.54, 1.807) is 0 Å². The molecule has 3 heteroatoms. The minimum Gasteiger partial charge on any atom is -0.444 e. The van der Waals surface area contributed by atoms with Gasteiger partial charge in [0, 0.05) is 0 Å². The zero-order chi connectivity index (χ0) is 16.5. The van der Waals surface area contributed by atoms with Crippen molar-refractivity contribution in [3.63, 3.8) is 0 Å². The summed E-state index contributed by atoms with van der Waals surface area (Å²) in [5.74, 6) is 0.398. The fourth-order valence-electron chi connectivity index (χ4n) is 3.31. The van der Waals surface area contributed by atoms with Gasteiger partial charge in [-0.3, -0.25) is 0 Å². The fraction of sp³-hybridized carbons (Fsp3) is 0.632. The number of hydrogen-bond acceptors (Lipinski definition) is 2. The molecular weight excluding hydrogens is 274 g/mol. The second kappa shape index (κ2) is 5.94. The van der Waals surface area contributed by atoms with Crippen LogP contribution >= 0.6 is 0 Å². The van der Waals surface area contributed by atoms with E-state index < -0.39 is 5.60 Å². The van der Waals surface area contributed by atoms with Crippen molar-refractivity contribution in [2.75, 3.05) is 0 Å². The average molecular weight is 303 g/mol. The Hall–Kier alpha value is -1.51. The number of alkyl carbamates (subject to hydrolysis) is 1. The third-order valence-electron chi connectivity index (χ3n) is 4.30. The van der Waals surface area contributed by atoms with Crippen LogP contribution in [0.1, 0.15) is 65.1 Å². The normalized spacial score (nSPS) is 21.9. The summed E-state index contributed by atoms with van der Waals surface area (Å²) >= 11 is 0. The molecule has 1 aromatic rings. The smallest absolute Gasteiger partial charge is 0.408 e. The summed E-state index contributed by atoms with van der Waals surface area (Å²) in [4.78, 5) is 12.3. The summed E-state index contributed by atoms with van der Waals surface area (Å²) in [5.41, 5.74) is 2.23. The van der Waals surface area contributed by atoms with Gasteiger partial charge in [0.25, 0.3) is 0 Å². The summed E-state index contributed by atoms with van der Waals surface area (Å²) in [5, 5.41) is 3.13. The monoisotopic (exact) mass is 303 g/mol. The Morgan fingerprint density at radius 3 is 2.36 bits per heavy atom. The maximum atomic E-state index is 12.3. The molecule has 2 atom stereocenters. The van der Waals surface area contributed by atoms with E-state index in [0.717, 1.165) is 12.8 Å². The number of fused-ring (bicyclic) bond motifs is 1. The topological polar surface area (TPSA) is 38.3 Å². The van der Waals surface area contributed by atoms with Gasteiger partial charge in [-0.05, 0) is 56.1 Å². The van der Waals surface area contributed by atoms with E-state index in [1.807, 2.05) is 26.8 Å². The molecule has 2 rings (SSSR count). The highest BCUT2D eigenvalue weighted by molar-refractivity contribution is 5.68. The lowest BCUT2D eigenvalue weighted by Crippen LogP contribution is -2.43. The van der Waals surface area contributed by atoms with Crippen LogP contribution in [0.3, 0.4) is 0 Å². The molecule has 0 spiro atoms. The zero-order valence-electron chi connectivity index (χ0n) is 14.7. The van der Waals surface area contributed by atoms with Crippen LogP contribution < -0.4 is 5.32 Å². The Morgan fingerprint density at radius 1 is 1.14 bits per heavy atom. The van der Waals surface area contributed by atoms with Crippen molar-refractivity contribution < 1.29 is 9.53 Å². The first-order valence-corrected chi connectivity index (χ1v) is 8.15. The predicted molar refractivity (Wildman–Crippen MR) is 89.8 cm³/mol. The fourth-order valence-corrected chi connectivity index (χ4v) is 3.31. The van der Waals surface area contributed by atoms with Crippen LogP contribution in [0.5, 0.6) is 0 Å². The Balaban J connectivity index is 2.28. The van der Waals surface area contributed by atoms with Gasteiger partial charge in [-0.1, -0.05) is 45.0 Å². The van der Waals surface area contributed by atoms with E-state index in [9.17, 15) is 4.79 Å². The molecule has 0 bridgehead atoms. The van der Waals surface area contributed by atoms with Crippen LogP contribution in [-0.2, 0) is 11.2 Å². The van der Waals surface area contributed by atoms with Crippen LogP contribution in [0.4, 0.5) is 4.79 Å². The molecule has 0 aromatic heterocycles. The van der Waals surface area contributed by atoms with Crippen molar-refractivity contribution in [3.8, 4) is 0 Å². The van der Waals surface area contributed by atoms with E-state index in [0.29, 0.717) is 5.92 Å². The molecule has 1 aliphatic carbocycles. The van der Waals surface area contributed by atoms with Gasteiger partial charge in [0.2, 0.25) is 0 Å². The number of amides is 1. The van der Waals surface area contributed by atoms with Crippen molar-refractivity contribution in [2.45, 2.75) is 66.0 Å². The van der Waals surface area contributed by atoms with Gasteiger partial charge in [0.1, 0.15) is 5.60 Å². The molecule has 0 saturated carbocycles. The van der Waals surface area contributed by atoms with Crippen LogP contribution in [-0.4, -0.2) is 11.7 Å². The molecular formula is C19H29NO2. The van der Waals surface area contributed by atoms with Crippen LogP contribution in [0.25, 0.3) is 0 Å². The molecule has 22 heavy (non-hydrogen) atoms. The van der Waals surface area contributed by atoms with Crippen LogP contribution in [0.15, 0.2) is 24.3 Å². The Labute approximate surface area is 134 Å². The maximum absolute atomic E-state index is 12.3. The number of hydrogen-bond donors (Lipinski definition) is 1. The highest BCUT2D eigenvalue weighted by Crippen LogP contribution is 2.44. The van der Waals surface area contributed by atoms with Gasteiger partial charge in [0.05, 0.1) is 6.04 Å². The van der Waals surface area contributed by atoms with Gasteiger partial charge in [-0.25, -0.2) is 4.79 Å². The Morgan fingerprint density at radius 2 is 1.77 bits per heavy atom. The standard InChI is InChI=1S/C19H29NO2/c1-18(2,3)15-12-11-13-9-7-8-10-14(13)16(15)20-17(21)22-19(4,5)6/h7-10,15-16H,11-12H2,1-6H3,(H,20,21). The first-order valence-electron chi connectivity index (χ1n) is 8.15. The van der Waals surface area contributed by atoms with Gasteiger partial charge in [0.15, 0.2) is 0 Å². The van der Waals surface area contributed by atoms with E-state index in [4.69, 9.17) is 4.74 Å². The summed E-state index contributed by atoms with van der Waals surface area (Å²) in [6, 6.07) is 8.43. The number of ether oxygens (including phenoxy) is 1. The van der Waals surface area contributed by atoms with Crippen molar-refractivity contribution in [1.29, 1.82) is 0 Å². The third-order valence-corrected chi connectivity index (χ3v) is 4.30. The van der Waals surface area contributed by atoms with E-state index in [1.165, 1.54) is 11.1 Å². The van der Waals surface area contributed by atoms with Gasteiger partial charge in [-0.15, -0.1) is 0 Å². The molecule has 0 radical (unpaired) electrons. The summed E-state index contributed by atoms with van der Waals surface area (Å²) in [6.07, 6.45) is 1.83. The molecule has 122 valence electrons. The molecule has 1 amide bonds. The molecule has 3 nitrogen and oxygen atoms in total. The molecule has 0 fully saturated rings. The summed E-state index contributed by atoms with van der Waals surface area (Å²) < 4.78 is 5.47. The number of nitrogens with one attached hydrogen (secondary N) is 1. The van der Waals surface area contributed by atoms with Gasteiger partial charge in [-0.2, -0.15) is 0 Å². The predicted octanol–water partition coefficient (Wildman–Crippen LogP) is 4.86. The van der Waals surface area contributed by atoms with Crippen molar-refractivity contribution in [3.05, 3.63) is 35.4 Å². The molecule has 1 N–H and O–H groups in total. The number of carbonyl (C=O) groups excluding carboxylic acids is 1. The highest BCUT2D eigenvalue weighted by atomic mass is 16.6. The van der Waals surface area contributed by atoms with Gasteiger partial charge >= 0.3 is 6.09 Å². The zero-order valence-corrected chi connectivity index (χ0v) is 14.7. The van der Waals surface area contributed by atoms with Crippen LogP contribution in [0.2, 0.25) is 0 Å². The molecule has 0 saturated heterocycles. The van der Waals surface area contributed by atoms with Crippen molar-refractivity contribution in [1.82, 2.24) is 5.32 Å². The Kier molecular flexibility index (Phi) is 4.55. The minimum absolute atomic E-state index is 0.0137. The molecule has 1 aromatic carbocycles. The van der Waals surface area contributed by atoms with E-state index in [-0.39, 0.29) is 17.6 Å². The van der Waals surface area contributed by atoms with Crippen molar-refractivity contribution in [2.24, 2.45) is 11.3 Å². The molecule has 0 aliphatic heterocycles. The molecule has 1 aliphatic rings. The maximum Gasteiger partial charge on any atom is 0.408 e. The first kappa shape index (κ1) is 16.9. The van der Waals surface area contributed by atoms with Crippen molar-refractivity contribution >= 4 is 6.09 Å². The quantitative estimate of drug-likeness (QED) is 0.804. The lowest BCUT2D eigenvalue weighted by atomic mass is 9.67. The second-order valence-corrected chi connectivity index (χ2v) is 8.33. The Bertz CT molecular complexity index is 537. The average Bonchev–Trinajstić information content (AvgIpc) is 2.35. The molecule has 2 unspecified atom stereocenters. The number of rotatable bonds is 1. The minimum atomic E-state index is -0.477. The second-order valence-electron chi connectivity index (χ2n) is 8.33. The SMILES string of the molecule is CC(C)(C)OC(=O)NC1c2ccccc2CCC1C(C)(C)C. The summed E-state index contributed by atoms with van der Waals surface area (Å²) in [6.45, 7) is 12.4. The largest absolute Gasteiger partial charge is 0.444 e. The van der Waals surface area contributed by atoms with Crippen LogP contribution in [0, 0.1) is 11.3 Å². The lowest BCUT2D eigenvalue weighted by molar-refractivity contribution is 0.0438. The van der Waals surface area contributed by atoms with E-state index in [2.05, 4.69) is 44.3 Å².